The van der Waals surface area contributed by atoms with Crippen molar-refractivity contribution in [2.75, 3.05) is 11.9 Å². The molecule has 0 unspecified atom stereocenters. The Morgan fingerprint density at radius 2 is 1.52 bits per heavy atom. The van der Waals surface area contributed by atoms with E-state index in [1.807, 2.05) is 0 Å². The van der Waals surface area contributed by atoms with Crippen molar-refractivity contribution in [1.29, 1.82) is 0 Å². The van der Waals surface area contributed by atoms with Gasteiger partial charge in [0, 0.05) is 11.7 Å². The summed E-state index contributed by atoms with van der Waals surface area (Å²) in [5.41, 5.74) is 8.61. The van der Waals surface area contributed by atoms with Gasteiger partial charge in [0.2, 0.25) is 0 Å². The lowest BCUT2D eigenvalue weighted by Gasteiger charge is -2.29. The molecule has 2 nitrogen and oxygen atoms in total. The van der Waals surface area contributed by atoms with E-state index in [1.165, 1.54) is 63.5 Å². The molecule has 116 valence electrons. The van der Waals surface area contributed by atoms with Crippen molar-refractivity contribution in [3.8, 4) is 0 Å². The zero-order valence-corrected chi connectivity index (χ0v) is 13.2. The molecular formula is C19H30N2. The Labute approximate surface area is 129 Å². The lowest BCUT2D eigenvalue weighted by Crippen LogP contribution is -2.29. The maximum atomic E-state index is 5.77. The monoisotopic (exact) mass is 286 g/mol. The van der Waals surface area contributed by atoms with Gasteiger partial charge in [-0.25, -0.2) is 0 Å². The van der Waals surface area contributed by atoms with E-state index >= 15 is 0 Å². The molecule has 2 heteroatoms. The van der Waals surface area contributed by atoms with E-state index in [1.54, 1.807) is 5.56 Å². The van der Waals surface area contributed by atoms with E-state index in [9.17, 15) is 0 Å². The molecule has 0 amide bonds. The maximum Gasteiger partial charge on any atom is 0.0342 e. The Morgan fingerprint density at radius 3 is 2.14 bits per heavy atom. The van der Waals surface area contributed by atoms with E-state index in [0.29, 0.717) is 6.04 Å². The summed E-state index contributed by atoms with van der Waals surface area (Å²) in [5.74, 6) is 1.57. The van der Waals surface area contributed by atoms with Gasteiger partial charge in [-0.15, -0.1) is 0 Å². The van der Waals surface area contributed by atoms with Gasteiger partial charge < -0.3 is 11.1 Å². The smallest absolute Gasteiger partial charge is 0.0342 e. The van der Waals surface area contributed by atoms with Crippen LogP contribution in [0, 0.1) is 5.92 Å². The summed E-state index contributed by atoms with van der Waals surface area (Å²) in [5, 5.41) is 3.71. The van der Waals surface area contributed by atoms with Gasteiger partial charge in [-0.05, 0) is 74.6 Å². The van der Waals surface area contributed by atoms with Crippen LogP contribution in [0.4, 0.5) is 5.69 Å². The summed E-state index contributed by atoms with van der Waals surface area (Å²) in [6.07, 6.45) is 12.1. The highest BCUT2D eigenvalue weighted by atomic mass is 14.9. The fraction of sp³-hybridized carbons (Fsp3) is 0.684. The molecule has 3 N–H and O–H groups in total. The maximum absolute atomic E-state index is 5.77. The number of benzene rings is 1. The van der Waals surface area contributed by atoms with Crippen LogP contribution in [0.25, 0.3) is 0 Å². The van der Waals surface area contributed by atoms with Crippen molar-refractivity contribution >= 4 is 5.69 Å². The number of nitrogens with one attached hydrogen (secondary N) is 1. The van der Waals surface area contributed by atoms with Gasteiger partial charge in [-0.2, -0.15) is 0 Å². The van der Waals surface area contributed by atoms with E-state index in [4.69, 9.17) is 5.73 Å². The van der Waals surface area contributed by atoms with Gasteiger partial charge in [-0.1, -0.05) is 31.4 Å². The van der Waals surface area contributed by atoms with Crippen LogP contribution in [0.5, 0.6) is 0 Å². The summed E-state index contributed by atoms with van der Waals surface area (Å²) in [4.78, 5) is 0. The first kappa shape index (κ1) is 14.9. The number of hydrogen-bond donors (Lipinski definition) is 2. The summed E-state index contributed by atoms with van der Waals surface area (Å²) < 4.78 is 0. The van der Waals surface area contributed by atoms with Crippen LogP contribution >= 0.6 is 0 Å². The predicted molar refractivity (Wildman–Crippen MR) is 90.7 cm³/mol. The first-order valence-corrected chi connectivity index (χ1v) is 8.91. The Morgan fingerprint density at radius 1 is 0.857 bits per heavy atom. The summed E-state index contributed by atoms with van der Waals surface area (Å²) >= 11 is 0. The van der Waals surface area contributed by atoms with E-state index < -0.39 is 0 Å². The Bertz CT molecular complexity index is 412. The van der Waals surface area contributed by atoms with Crippen LogP contribution in [0.3, 0.4) is 0 Å². The summed E-state index contributed by atoms with van der Waals surface area (Å²) in [7, 11) is 0. The molecule has 3 rings (SSSR count). The van der Waals surface area contributed by atoms with Crippen LogP contribution in [-0.2, 0) is 0 Å². The number of hydrogen-bond acceptors (Lipinski definition) is 2. The molecule has 0 spiro atoms. The van der Waals surface area contributed by atoms with Crippen molar-refractivity contribution < 1.29 is 0 Å². The van der Waals surface area contributed by atoms with Crippen molar-refractivity contribution in [2.45, 2.75) is 69.7 Å². The molecular weight excluding hydrogens is 256 g/mol. The van der Waals surface area contributed by atoms with Gasteiger partial charge in [0.25, 0.3) is 0 Å². The fourth-order valence-corrected chi connectivity index (χ4v) is 4.07. The molecule has 1 aromatic carbocycles. The second-order valence-corrected chi connectivity index (χ2v) is 7.05. The molecule has 0 heterocycles. The number of nitrogens with two attached hydrogens (primary N) is 1. The third-order valence-corrected chi connectivity index (χ3v) is 5.54. The Hall–Kier alpha value is -1.02. The highest BCUT2D eigenvalue weighted by molar-refractivity contribution is 5.46. The minimum atomic E-state index is 0.647. The van der Waals surface area contributed by atoms with Gasteiger partial charge >= 0.3 is 0 Å². The molecule has 0 aromatic heterocycles. The van der Waals surface area contributed by atoms with Crippen LogP contribution < -0.4 is 11.1 Å². The first-order chi connectivity index (χ1) is 10.3. The van der Waals surface area contributed by atoms with Crippen LogP contribution in [0.2, 0.25) is 0 Å². The van der Waals surface area contributed by atoms with E-state index in [-0.39, 0.29) is 0 Å². The van der Waals surface area contributed by atoms with Crippen molar-refractivity contribution in [3.05, 3.63) is 29.8 Å². The molecule has 0 radical (unpaired) electrons. The molecule has 1 aromatic rings. The molecule has 0 bridgehead atoms. The second kappa shape index (κ2) is 7.31. The van der Waals surface area contributed by atoms with E-state index in [2.05, 4.69) is 29.6 Å². The minimum absolute atomic E-state index is 0.647. The first-order valence-electron chi connectivity index (χ1n) is 8.91. The Kier molecular flexibility index (Phi) is 5.18. The van der Waals surface area contributed by atoms with Crippen LogP contribution in [0.1, 0.15) is 69.3 Å². The molecule has 21 heavy (non-hydrogen) atoms. The van der Waals surface area contributed by atoms with Gasteiger partial charge in [0.15, 0.2) is 0 Å². The fourth-order valence-electron chi connectivity index (χ4n) is 4.07. The lowest BCUT2D eigenvalue weighted by molar-refractivity contribution is 0.345. The molecule has 2 aliphatic rings. The van der Waals surface area contributed by atoms with Crippen LogP contribution in [-0.4, -0.2) is 12.6 Å². The molecule has 2 saturated carbocycles. The number of rotatable bonds is 4. The highest BCUT2D eigenvalue weighted by Crippen LogP contribution is 2.33. The van der Waals surface area contributed by atoms with Gasteiger partial charge in [0.05, 0.1) is 0 Å². The van der Waals surface area contributed by atoms with Crippen LogP contribution in [0.15, 0.2) is 24.3 Å². The minimum Gasteiger partial charge on any atom is -0.382 e. The standard InChI is InChI=1S/C19H30N2/c20-14-15-6-10-18(11-7-15)21-19-12-8-17(9-13-19)16-4-2-1-3-5-16/h8-9,12-13,15-16,18,21H,1-7,10-11,14,20H2. The normalized spacial score (nSPS) is 27.5. The molecule has 2 fully saturated rings. The molecule has 0 aliphatic heterocycles. The largest absolute Gasteiger partial charge is 0.382 e. The van der Waals surface area contributed by atoms with Crippen molar-refractivity contribution in [3.63, 3.8) is 0 Å². The lowest BCUT2D eigenvalue weighted by atomic mass is 9.84. The average Bonchev–Trinajstić information content (AvgIpc) is 2.57. The quantitative estimate of drug-likeness (QED) is 0.844. The average molecular weight is 286 g/mol. The third-order valence-electron chi connectivity index (χ3n) is 5.54. The molecule has 2 aliphatic carbocycles. The third kappa shape index (κ3) is 4.00. The van der Waals surface area contributed by atoms with Gasteiger partial charge in [-0.3, -0.25) is 0 Å². The van der Waals surface area contributed by atoms with E-state index in [0.717, 1.165) is 18.4 Å². The highest BCUT2D eigenvalue weighted by Gasteiger charge is 2.20. The van der Waals surface area contributed by atoms with Crippen molar-refractivity contribution in [1.82, 2.24) is 0 Å². The van der Waals surface area contributed by atoms with Gasteiger partial charge in [0.1, 0.15) is 0 Å². The SMILES string of the molecule is NCC1CCC(Nc2ccc(C3CCCCC3)cc2)CC1. The summed E-state index contributed by atoms with van der Waals surface area (Å²) in [6, 6.07) is 9.93. The number of anilines is 1. The zero-order chi connectivity index (χ0) is 14.5. The second-order valence-electron chi connectivity index (χ2n) is 7.05. The molecule has 0 saturated heterocycles. The topological polar surface area (TPSA) is 38.0 Å². The zero-order valence-electron chi connectivity index (χ0n) is 13.2. The Balaban J connectivity index is 1.52. The summed E-state index contributed by atoms with van der Waals surface area (Å²) in [6.45, 7) is 0.864. The molecule has 0 atom stereocenters. The van der Waals surface area contributed by atoms with Crippen molar-refractivity contribution in [2.24, 2.45) is 11.7 Å². The predicted octanol–water partition coefficient (Wildman–Crippen LogP) is 4.66.